The van der Waals surface area contributed by atoms with Crippen molar-refractivity contribution in [2.75, 3.05) is 33.4 Å². The Hall–Kier alpha value is -3.58. The summed E-state index contributed by atoms with van der Waals surface area (Å²) in [5.41, 5.74) is 2.79. The lowest BCUT2D eigenvalue weighted by atomic mass is 10.1. The highest BCUT2D eigenvalue weighted by molar-refractivity contribution is 5.96. The number of hydrogen-bond donors (Lipinski definition) is 0. The standard InChI is InChI=1S/C32H43N3O4/c1-5-6-22-39-30-17-15-28(16-18-30)32(37)34(20-11-21-38-4)25-31(36)35(26(2)3)24-29-14-10-19-33(29)23-27-12-8-7-9-13-27/h7-10,12-19,26H,5-6,11,20-25H2,1-4H3. The minimum Gasteiger partial charge on any atom is -0.494 e. The van der Waals surface area contributed by atoms with Gasteiger partial charge in [-0.2, -0.15) is 0 Å². The fourth-order valence-electron chi connectivity index (χ4n) is 4.38. The first kappa shape index (κ1) is 30.0. The van der Waals surface area contributed by atoms with Crippen molar-refractivity contribution in [1.29, 1.82) is 0 Å². The van der Waals surface area contributed by atoms with Gasteiger partial charge < -0.3 is 23.8 Å². The highest BCUT2D eigenvalue weighted by Crippen LogP contribution is 2.17. The van der Waals surface area contributed by atoms with Crippen LogP contribution in [0.25, 0.3) is 0 Å². The van der Waals surface area contributed by atoms with Crippen molar-refractivity contribution in [3.63, 3.8) is 0 Å². The molecular formula is C32H43N3O4. The summed E-state index contributed by atoms with van der Waals surface area (Å²) in [4.78, 5) is 30.6. The van der Waals surface area contributed by atoms with E-state index in [1.807, 2.05) is 61.3 Å². The Balaban J connectivity index is 1.71. The number of carbonyl (C=O) groups is 2. The van der Waals surface area contributed by atoms with Crippen LogP contribution in [0.15, 0.2) is 72.9 Å². The van der Waals surface area contributed by atoms with Crippen molar-refractivity contribution < 1.29 is 19.1 Å². The Labute approximate surface area is 233 Å². The van der Waals surface area contributed by atoms with Gasteiger partial charge in [0, 0.05) is 50.3 Å². The molecule has 0 saturated heterocycles. The zero-order valence-corrected chi connectivity index (χ0v) is 23.8. The fraction of sp³-hybridized carbons (Fsp3) is 0.438. The molecular weight excluding hydrogens is 490 g/mol. The summed E-state index contributed by atoms with van der Waals surface area (Å²) in [6, 6.07) is 21.5. The van der Waals surface area contributed by atoms with Gasteiger partial charge in [-0.15, -0.1) is 0 Å². The molecule has 0 N–H and O–H groups in total. The minimum atomic E-state index is -0.171. The summed E-state index contributed by atoms with van der Waals surface area (Å²) in [5.74, 6) is 0.491. The molecule has 0 aliphatic heterocycles. The first-order valence-electron chi connectivity index (χ1n) is 13.9. The van der Waals surface area contributed by atoms with Crippen molar-refractivity contribution >= 4 is 11.8 Å². The molecule has 7 heteroatoms. The van der Waals surface area contributed by atoms with Crippen LogP contribution >= 0.6 is 0 Å². The van der Waals surface area contributed by atoms with Gasteiger partial charge in [0.1, 0.15) is 12.3 Å². The van der Waals surface area contributed by atoms with Crippen molar-refractivity contribution in [2.45, 2.75) is 59.2 Å². The number of benzene rings is 2. The average Bonchev–Trinajstić information content (AvgIpc) is 3.38. The summed E-state index contributed by atoms with van der Waals surface area (Å²) >= 11 is 0. The molecule has 0 radical (unpaired) electrons. The van der Waals surface area contributed by atoms with Crippen LogP contribution in [0.3, 0.4) is 0 Å². The maximum atomic E-state index is 13.6. The molecule has 1 heterocycles. The Morgan fingerprint density at radius 2 is 1.67 bits per heavy atom. The smallest absolute Gasteiger partial charge is 0.254 e. The number of aromatic nitrogens is 1. The molecule has 0 bridgehead atoms. The van der Waals surface area contributed by atoms with E-state index in [0.717, 1.165) is 30.8 Å². The molecule has 0 atom stereocenters. The van der Waals surface area contributed by atoms with Crippen molar-refractivity contribution in [2.24, 2.45) is 0 Å². The number of unbranched alkanes of at least 4 members (excludes halogenated alkanes) is 1. The first-order valence-corrected chi connectivity index (χ1v) is 13.9. The van der Waals surface area contributed by atoms with Crippen LogP contribution in [0.2, 0.25) is 0 Å². The molecule has 0 aliphatic rings. The van der Waals surface area contributed by atoms with Gasteiger partial charge in [0.05, 0.1) is 13.2 Å². The van der Waals surface area contributed by atoms with E-state index in [1.54, 1.807) is 24.1 Å². The summed E-state index contributed by atoms with van der Waals surface area (Å²) in [6.45, 7) is 8.97. The van der Waals surface area contributed by atoms with E-state index in [2.05, 4.69) is 29.7 Å². The Morgan fingerprint density at radius 1 is 0.923 bits per heavy atom. The molecule has 0 aliphatic carbocycles. The molecule has 2 amide bonds. The largest absolute Gasteiger partial charge is 0.494 e. The molecule has 7 nitrogen and oxygen atoms in total. The molecule has 3 rings (SSSR count). The van der Waals surface area contributed by atoms with E-state index in [1.165, 1.54) is 5.56 Å². The summed E-state index contributed by atoms with van der Waals surface area (Å²) < 4.78 is 13.1. The molecule has 0 spiro atoms. The molecule has 0 unspecified atom stereocenters. The summed E-state index contributed by atoms with van der Waals surface area (Å²) in [7, 11) is 1.64. The normalized spacial score (nSPS) is 11.0. The van der Waals surface area contributed by atoms with E-state index < -0.39 is 0 Å². The average molecular weight is 534 g/mol. The van der Waals surface area contributed by atoms with Crippen LogP contribution < -0.4 is 4.74 Å². The summed E-state index contributed by atoms with van der Waals surface area (Å²) in [5, 5.41) is 0. The molecule has 1 aromatic heterocycles. The Morgan fingerprint density at radius 3 is 2.33 bits per heavy atom. The van der Waals surface area contributed by atoms with Crippen molar-refractivity contribution in [3.8, 4) is 5.75 Å². The van der Waals surface area contributed by atoms with Crippen molar-refractivity contribution in [1.82, 2.24) is 14.4 Å². The molecule has 39 heavy (non-hydrogen) atoms. The monoisotopic (exact) mass is 533 g/mol. The third-order valence-corrected chi connectivity index (χ3v) is 6.65. The SMILES string of the molecule is CCCCOc1ccc(C(=O)N(CCCOC)CC(=O)N(Cc2cccn2Cc2ccccc2)C(C)C)cc1. The predicted molar refractivity (Wildman–Crippen MR) is 155 cm³/mol. The van der Waals surface area contributed by atoms with E-state index in [0.29, 0.717) is 38.3 Å². The number of hydrogen-bond acceptors (Lipinski definition) is 4. The second kappa shape index (κ2) is 15.7. The highest BCUT2D eigenvalue weighted by Gasteiger charge is 2.24. The van der Waals surface area contributed by atoms with E-state index >= 15 is 0 Å². The van der Waals surface area contributed by atoms with E-state index in [4.69, 9.17) is 9.47 Å². The quantitative estimate of drug-likeness (QED) is 0.224. The zero-order chi connectivity index (χ0) is 28.0. The second-order valence-electron chi connectivity index (χ2n) is 10.0. The molecule has 0 fully saturated rings. The predicted octanol–water partition coefficient (Wildman–Crippen LogP) is 5.63. The topological polar surface area (TPSA) is 64.0 Å². The van der Waals surface area contributed by atoms with Crippen LogP contribution in [0.1, 0.15) is 61.6 Å². The van der Waals surface area contributed by atoms with E-state index in [9.17, 15) is 9.59 Å². The lowest BCUT2D eigenvalue weighted by molar-refractivity contribution is -0.134. The van der Waals surface area contributed by atoms with Crippen LogP contribution in [-0.2, 0) is 22.6 Å². The maximum Gasteiger partial charge on any atom is 0.254 e. The van der Waals surface area contributed by atoms with Gasteiger partial charge in [-0.3, -0.25) is 9.59 Å². The Kier molecular flexibility index (Phi) is 12.1. The van der Waals surface area contributed by atoms with Crippen LogP contribution in [-0.4, -0.2) is 65.6 Å². The van der Waals surface area contributed by atoms with Gasteiger partial charge in [-0.25, -0.2) is 0 Å². The number of nitrogens with zero attached hydrogens (tertiary/aromatic N) is 3. The number of rotatable bonds is 16. The molecule has 0 saturated carbocycles. The minimum absolute atomic E-state index is 0.00880. The third-order valence-electron chi connectivity index (χ3n) is 6.65. The van der Waals surface area contributed by atoms with Crippen molar-refractivity contribution in [3.05, 3.63) is 89.7 Å². The van der Waals surface area contributed by atoms with Crippen LogP contribution in [0, 0.1) is 0 Å². The van der Waals surface area contributed by atoms with Crippen LogP contribution in [0.5, 0.6) is 5.75 Å². The first-order chi connectivity index (χ1) is 18.9. The number of ether oxygens (including phenoxy) is 2. The summed E-state index contributed by atoms with van der Waals surface area (Å²) in [6.07, 6.45) is 4.74. The lowest BCUT2D eigenvalue weighted by Crippen LogP contribution is -2.45. The molecule has 210 valence electrons. The maximum absolute atomic E-state index is 13.6. The third kappa shape index (κ3) is 9.29. The van der Waals surface area contributed by atoms with Gasteiger partial charge in [-0.1, -0.05) is 43.7 Å². The van der Waals surface area contributed by atoms with Gasteiger partial charge >= 0.3 is 0 Å². The Bertz CT molecular complexity index is 1140. The highest BCUT2D eigenvalue weighted by atomic mass is 16.5. The van der Waals surface area contributed by atoms with Gasteiger partial charge in [-0.05, 0) is 68.7 Å². The number of methoxy groups -OCH3 is 1. The zero-order valence-electron chi connectivity index (χ0n) is 23.8. The van der Waals surface area contributed by atoms with Gasteiger partial charge in [0.2, 0.25) is 5.91 Å². The van der Waals surface area contributed by atoms with Crippen LogP contribution in [0.4, 0.5) is 0 Å². The van der Waals surface area contributed by atoms with Gasteiger partial charge in [0.25, 0.3) is 5.91 Å². The second-order valence-corrected chi connectivity index (χ2v) is 10.0. The number of amides is 2. The fourth-order valence-corrected chi connectivity index (χ4v) is 4.38. The molecule has 2 aromatic carbocycles. The van der Waals surface area contributed by atoms with E-state index in [-0.39, 0.29) is 24.4 Å². The van der Waals surface area contributed by atoms with Gasteiger partial charge in [0.15, 0.2) is 0 Å². The lowest BCUT2D eigenvalue weighted by Gasteiger charge is -2.31. The number of carbonyl (C=O) groups excluding carboxylic acids is 2. The molecule has 3 aromatic rings.